The van der Waals surface area contributed by atoms with E-state index in [4.69, 9.17) is 0 Å². The summed E-state index contributed by atoms with van der Waals surface area (Å²) in [5.74, 6) is 0.294. The van der Waals surface area contributed by atoms with E-state index in [1.165, 1.54) is 6.20 Å². The zero-order valence-electron chi connectivity index (χ0n) is 17.1. The summed E-state index contributed by atoms with van der Waals surface area (Å²) in [6.07, 6.45) is 3.30. The van der Waals surface area contributed by atoms with Gasteiger partial charge in [-0.05, 0) is 25.5 Å². The molecular formula is C22H24N6O2. The van der Waals surface area contributed by atoms with E-state index < -0.39 is 0 Å². The first kappa shape index (κ1) is 19.6. The number of anilines is 2. The Morgan fingerprint density at radius 2 is 2.03 bits per heavy atom. The lowest BCUT2D eigenvalue weighted by molar-refractivity contribution is -0.117. The molecule has 154 valence electrons. The zero-order chi connectivity index (χ0) is 21.1. The maximum absolute atomic E-state index is 12.7. The minimum Gasteiger partial charge on any atom is -0.359 e. The molecule has 2 aromatic heterocycles. The van der Waals surface area contributed by atoms with Crippen molar-refractivity contribution in [3.63, 3.8) is 0 Å². The number of pyridine rings is 1. The largest absolute Gasteiger partial charge is 0.359 e. The Bertz CT molecular complexity index is 1080. The van der Waals surface area contributed by atoms with Gasteiger partial charge in [-0.15, -0.1) is 0 Å². The third-order valence-electron chi connectivity index (χ3n) is 5.26. The molecular weight excluding hydrogens is 380 g/mol. The number of aromatic nitrogens is 3. The van der Waals surface area contributed by atoms with Crippen molar-refractivity contribution in [1.29, 1.82) is 0 Å². The van der Waals surface area contributed by atoms with Gasteiger partial charge in [0.25, 0.3) is 5.91 Å². The van der Waals surface area contributed by atoms with Crippen LogP contribution in [-0.4, -0.2) is 33.1 Å². The van der Waals surface area contributed by atoms with Crippen LogP contribution in [0.15, 0.2) is 48.8 Å². The van der Waals surface area contributed by atoms with Crippen molar-refractivity contribution in [1.82, 2.24) is 20.1 Å². The van der Waals surface area contributed by atoms with Crippen LogP contribution in [-0.2, 0) is 24.4 Å². The van der Waals surface area contributed by atoms with Crippen molar-refractivity contribution < 1.29 is 9.59 Å². The van der Waals surface area contributed by atoms with Crippen LogP contribution in [0.25, 0.3) is 0 Å². The molecule has 8 heteroatoms. The maximum Gasteiger partial charge on any atom is 0.253 e. The van der Waals surface area contributed by atoms with Gasteiger partial charge in [-0.25, -0.2) is 4.98 Å². The molecule has 0 saturated heterocycles. The number of hydrogen-bond acceptors (Lipinski definition) is 5. The van der Waals surface area contributed by atoms with Crippen LogP contribution in [0.5, 0.6) is 0 Å². The van der Waals surface area contributed by atoms with Crippen LogP contribution in [0.1, 0.15) is 34.1 Å². The number of benzene rings is 1. The number of nitrogens with one attached hydrogen (secondary N) is 2. The molecule has 3 heterocycles. The highest BCUT2D eigenvalue weighted by atomic mass is 16.2. The standard InChI is InChI=1S/C22H24N6O2/c1-3-28-15(2)18(12-26-28)11-25-22(30)17-9-19-21(23-10-17)24-13-20(29)27(19)14-16-7-5-4-6-8-16/h4-10,12H,3,11,13-14H2,1-2H3,(H,23,24)(H,25,30). The highest BCUT2D eigenvalue weighted by Crippen LogP contribution is 2.29. The quantitative estimate of drug-likeness (QED) is 0.659. The van der Waals surface area contributed by atoms with Crippen LogP contribution in [0, 0.1) is 6.92 Å². The van der Waals surface area contributed by atoms with Crippen LogP contribution in [0.4, 0.5) is 11.5 Å². The lowest BCUT2D eigenvalue weighted by atomic mass is 10.1. The molecule has 0 aliphatic carbocycles. The van der Waals surface area contributed by atoms with E-state index in [0.29, 0.717) is 30.2 Å². The van der Waals surface area contributed by atoms with Crippen molar-refractivity contribution in [3.8, 4) is 0 Å². The molecule has 0 atom stereocenters. The molecule has 0 fully saturated rings. The van der Waals surface area contributed by atoms with Gasteiger partial charge in [0.1, 0.15) is 0 Å². The van der Waals surface area contributed by atoms with Gasteiger partial charge in [0, 0.05) is 30.5 Å². The highest BCUT2D eigenvalue weighted by molar-refractivity contribution is 6.04. The van der Waals surface area contributed by atoms with Crippen LogP contribution in [0.2, 0.25) is 0 Å². The average molecular weight is 404 g/mol. The second kappa shape index (κ2) is 8.36. The lowest BCUT2D eigenvalue weighted by Gasteiger charge is -2.29. The third-order valence-corrected chi connectivity index (χ3v) is 5.26. The minimum atomic E-state index is -0.244. The van der Waals surface area contributed by atoms with Crippen molar-refractivity contribution in [2.75, 3.05) is 16.8 Å². The normalized spacial score (nSPS) is 13.0. The molecule has 0 unspecified atom stereocenters. The van der Waals surface area contributed by atoms with Crippen LogP contribution < -0.4 is 15.5 Å². The number of nitrogens with zero attached hydrogens (tertiary/aromatic N) is 4. The second-order valence-electron chi connectivity index (χ2n) is 7.16. The first-order chi connectivity index (χ1) is 14.6. The predicted octanol–water partition coefficient (Wildman–Crippen LogP) is 2.50. The number of aryl methyl sites for hydroxylation is 1. The fourth-order valence-electron chi connectivity index (χ4n) is 3.50. The fraction of sp³-hybridized carbons (Fsp3) is 0.273. The molecule has 3 aromatic rings. The van der Waals surface area contributed by atoms with Crippen LogP contribution >= 0.6 is 0 Å². The number of hydrogen-bond donors (Lipinski definition) is 2. The first-order valence-corrected chi connectivity index (χ1v) is 9.94. The van der Waals surface area contributed by atoms with E-state index in [1.807, 2.05) is 48.9 Å². The van der Waals surface area contributed by atoms with Gasteiger partial charge in [-0.2, -0.15) is 5.10 Å². The summed E-state index contributed by atoms with van der Waals surface area (Å²) in [5.41, 5.74) is 4.03. The number of carbonyl (C=O) groups excluding carboxylic acids is 2. The maximum atomic E-state index is 12.7. The van der Waals surface area contributed by atoms with Gasteiger partial charge in [0.05, 0.1) is 30.5 Å². The summed E-state index contributed by atoms with van der Waals surface area (Å²) in [6.45, 7) is 5.78. The predicted molar refractivity (Wildman–Crippen MR) is 114 cm³/mol. The van der Waals surface area contributed by atoms with Gasteiger partial charge in [-0.3, -0.25) is 14.3 Å². The molecule has 1 aromatic carbocycles. The number of carbonyl (C=O) groups is 2. The number of fused-ring (bicyclic) bond motifs is 1. The average Bonchev–Trinajstić information content (AvgIpc) is 3.14. The van der Waals surface area contributed by atoms with Gasteiger partial charge in [0.15, 0.2) is 5.82 Å². The topological polar surface area (TPSA) is 92.2 Å². The molecule has 1 aliphatic rings. The molecule has 2 amide bonds. The van der Waals surface area contributed by atoms with E-state index in [9.17, 15) is 9.59 Å². The van der Waals surface area contributed by atoms with Crippen molar-refractivity contribution in [2.24, 2.45) is 0 Å². The number of amides is 2. The summed E-state index contributed by atoms with van der Waals surface area (Å²) >= 11 is 0. The zero-order valence-corrected chi connectivity index (χ0v) is 17.1. The molecule has 1 aliphatic heterocycles. The van der Waals surface area contributed by atoms with E-state index in [1.54, 1.807) is 17.2 Å². The van der Waals surface area contributed by atoms with Gasteiger partial charge in [-0.1, -0.05) is 30.3 Å². The van der Waals surface area contributed by atoms with Crippen LogP contribution in [0.3, 0.4) is 0 Å². The third kappa shape index (κ3) is 3.89. The SMILES string of the molecule is CCn1ncc(CNC(=O)c2cnc3c(c2)N(Cc2ccccc2)C(=O)CN3)c1C. The van der Waals surface area contributed by atoms with Crippen molar-refractivity contribution in [2.45, 2.75) is 33.5 Å². The molecule has 0 radical (unpaired) electrons. The van der Waals surface area contributed by atoms with Gasteiger partial charge >= 0.3 is 0 Å². The second-order valence-corrected chi connectivity index (χ2v) is 7.16. The first-order valence-electron chi connectivity index (χ1n) is 9.94. The van der Waals surface area contributed by atoms with E-state index in [0.717, 1.165) is 23.4 Å². The van der Waals surface area contributed by atoms with Gasteiger partial charge < -0.3 is 15.5 Å². The molecule has 8 nitrogen and oxygen atoms in total. The fourth-order valence-corrected chi connectivity index (χ4v) is 3.50. The Morgan fingerprint density at radius 3 is 2.77 bits per heavy atom. The minimum absolute atomic E-state index is 0.0617. The van der Waals surface area contributed by atoms with Crippen molar-refractivity contribution in [3.05, 3.63) is 71.2 Å². The monoisotopic (exact) mass is 404 g/mol. The summed E-state index contributed by atoms with van der Waals surface area (Å²) in [5, 5.41) is 10.2. The Morgan fingerprint density at radius 1 is 1.23 bits per heavy atom. The Labute approximate surface area is 174 Å². The smallest absolute Gasteiger partial charge is 0.253 e. The van der Waals surface area contributed by atoms with Gasteiger partial charge in [0.2, 0.25) is 5.91 Å². The lowest BCUT2D eigenvalue weighted by Crippen LogP contribution is -2.40. The molecule has 30 heavy (non-hydrogen) atoms. The molecule has 0 spiro atoms. The Hall–Kier alpha value is -3.68. The summed E-state index contributed by atoms with van der Waals surface area (Å²) in [7, 11) is 0. The Kier molecular flexibility index (Phi) is 5.47. The van der Waals surface area contributed by atoms with E-state index in [2.05, 4.69) is 20.7 Å². The molecule has 0 saturated carbocycles. The molecule has 0 bridgehead atoms. The number of rotatable bonds is 6. The highest BCUT2D eigenvalue weighted by Gasteiger charge is 2.26. The summed E-state index contributed by atoms with van der Waals surface area (Å²) in [6, 6.07) is 11.5. The summed E-state index contributed by atoms with van der Waals surface area (Å²) < 4.78 is 1.89. The summed E-state index contributed by atoms with van der Waals surface area (Å²) in [4.78, 5) is 31.3. The van der Waals surface area contributed by atoms with E-state index in [-0.39, 0.29) is 18.4 Å². The Balaban J connectivity index is 1.53. The van der Waals surface area contributed by atoms with Crippen molar-refractivity contribution >= 4 is 23.3 Å². The molecule has 2 N–H and O–H groups in total. The molecule has 4 rings (SSSR count). The van der Waals surface area contributed by atoms with E-state index >= 15 is 0 Å².